The number of nitrogens with one attached hydrogen (secondary N) is 4. The van der Waals surface area contributed by atoms with Gasteiger partial charge in [0.1, 0.15) is 0 Å². The van der Waals surface area contributed by atoms with Gasteiger partial charge in [0, 0.05) is 88.9 Å². The molecule has 0 saturated heterocycles. The molecule has 28 nitrogen and oxygen atoms in total. The number of ketones is 4. The molecule has 0 saturated carbocycles. The summed E-state index contributed by atoms with van der Waals surface area (Å²) in [6, 6.07) is 20.9. The maximum Gasteiger partial charge on any atom is 1.00 e. The van der Waals surface area contributed by atoms with E-state index in [9.17, 15) is 43.9 Å². The van der Waals surface area contributed by atoms with Crippen molar-refractivity contribution in [2.45, 2.75) is 61.1 Å². The van der Waals surface area contributed by atoms with Crippen LogP contribution in [0.1, 0.15) is 41.5 Å². The van der Waals surface area contributed by atoms with Crippen LogP contribution in [0.15, 0.2) is 264 Å². The fourth-order valence-electron chi connectivity index (χ4n) is 11.0. The Morgan fingerprint density at radius 2 is 0.642 bits per heavy atom. The number of benzene rings is 4. The first-order valence-electron chi connectivity index (χ1n) is 30.0. The molecule has 4 heterocycles. The summed E-state index contributed by atoms with van der Waals surface area (Å²) in [6.45, 7) is 9.47. The maximum absolute atomic E-state index is 16.5. The van der Waals surface area contributed by atoms with Gasteiger partial charge in [0.05, 0.1) is 53.5 Å². The Kier molecular flexibility index (Phi) is 27.8. The van der Waals surface area contributed by atoms with Crippen molar-refractivity contribution < 1.29 is 181 Å². The number of aliphatic hydroxyl groups excluding tert-OH is 2. The van der Waals surface area contributed by atoms with Gasteiger partial charge in [0.2, 0.25) is 51.7 Å². The molecule has 40 heteroatoms. The van der Waals surface area contributed by atoms with Gasteiger partial charge in [0.25, 0.3) is 0 Å². The Hall–Kier alpha value is -6.86. The molecule has 106 heavy (non-hydrogen) atoms. The SMILES string of the molecule is CC1=C(C2=C(C)/C(=N\Nc3ccc(S(=O)(=O)[N-]c4nccs4)cc3)C3=C(C2=O)/C(=C/Nc2ccc(S(=O)(=O)[N-]c4nccs4)cc2)C(=O)C(O)=C3C(C)C)C(=O)C2=C(C(C(C)C)=C(O)C(=O)/C2=C\Nc2ccc(S(=O)(=O)[N-]c3nccs3)cc2)/C1=N/Nc1ccc(S(=O)(=O)[N-]c2nccs2)cc1.[Na+].[Na+].[Na+].[Na+]. The van der Waals surface area contributed by atoms with Gasteiger partial charge >= 0.3 is 118 Å². The third kappa shape index (κ3) is 17.7. The first kappa shape index (κ1) is 84.8. The molecule has 4 aromatic heterocycles. The minimum absolute atomic E-state index is 0. The van der Waals surface area contributed by atoms with E-state index in [1.165, 1.54) is 136 Å². The number of hydrogen-bond donors (Lipinski definition) is 6. The summed E-state index contributed by atoms with van der Waals surface area (Å²) in [5, 5.41) is 46.1. The molecule has 0 spiro atoms. The van der Waals surface area contributed by atoms with Gasteiger partial charge in [-0.05, 0) is 155 Å². The van der Waals surface area contributed by atoms with E-state index < -0.39 is 120 Å². The van der Waals surface area contributed by atoms with E-state index in [1.54, 1.807) is 49.2 Å². The number of anilines is 4. The van der Waals surface area contributed by atoms with Crippen molar-refractivity contribution in [3.8, 4) is 0 Å². The van der Waals surface area contributed by atoms with Crippen LogP contribution in [0.5, 0.6) is 0 Å². The molecule has 4 aliphatic rings. The molecule has 522 valence electrons. The maximum atomic E-state index is 16.5. The van der Waals surface area contributed by atoms with Crippen molar-refractivity contribution in [2.75, 3.05) is 21.5 Å². The van der Waals surface area contributed by atoms with Gasteiger partial charge < -0.3 is 59.7 Å². The minimum Gasteiger partial charge on any atom is -0.504 e. The van der Waals surface area contributed by atoms with Crippen LogP contribution in [-0.4, -0.2) is 98.4 Å². The van der Waals surface area contributed by atoms with Crippen LogP contribution in [0.25, 0.3) is 18.9 Å². The van der Waals surface area contributed by atoms with E-state index in [2.05, 4.69) is 60.3 Å². The van der Waals surface area contributed by atoms with Crippen molar-refractivity contribution in [3.63, 3.8) is 0 Å². The molecule has 12 rings (SSSR count). The molecule has 4 aliphatic carbocycles. The molecule has 0 radical (unpaired) electrons. The van der Waals surface area contributed by atoms with Gasteiger partial charge in [0.15, 0.2) is 23.1 Å². The van der Waals surface area contributed by atoms with Crippen molar-refractivity contribution >= 4 is 163 Å². The monoisotopic (exact) mass is 1610 g/mol. The van der Waals surface area contributed by atoms with E-state index in [0.29, 0.717) is 0 Å². The molecule has 8 aromatic rings. The predicted octanol–water partition coefficient (Wildman–Crippen LogP) is 1.83. The molecular formula is C66H52N14Na4O14S8. The Morgan fingerprint density at radius 1 is 0.387 bits per heavy atom. The number of aliphatic hydroxyl groups is 2. The summed E-state index contributed by atoms with van der Waals surface area (Å²) in [6.07, 6.45) is 7.81. The molecular weight excluding hydrogens is 1560 g/mol. The van der Waals surface area contributed by atoms with E-state index >= 15 is 19.2 Å². The van der Waals surface area contributed by atoms with Crippen molar-refractivity contribution in [1.29, 1.82) is 0 Å². The van der Waals surface area contributed by atoms with Crippen LogP contribution in [0.4, 0.5) is 43.3 Å². The standard InChI is InChI=1S/C66H56N14O14S8.4Na/c1-33(2)47-53-51(45(57(81)61(47)85)31-71-37-7-15-41(16-8-37)99(87,88)77-63-67-23-27-95-63)59(83)49(35(5)55(53)75-73-39-11-19-43(20-12-39)101(91,92)79-65-69-25-29-97-65)50-36(6)56(76-74-40-13-21-44(22-14-40)102(93,94)80-66-70-26-30-98-66)54-48(34(3)4)62(86)58(82)46(52(54)60(50)84)32-72-38-9-17-42(18-10-38)100(89,90)78-64-68-24-28-96-64;;;;/h7-34H,1-6H3,(H10,67,68,69,70,71,72,73,74,75,76,77,78,79,80,81,82,83,84,85,86);;;;/q;4*+1/p-4. The van der Waals surface area contributed by atoms with Crippen LogP contribution in [0.2, 0.25) is 0 Å². The Balaban J connectivity index is 0.00000355. The van der Waals surface area contributed by atoms with Crippen LogP contribution in [0, 0.1) is 11.8 Å². The second-order valence-corrected chi connectivity index (χ2v) is 32.7. The zero-order valence-electron chi connectivity index (χ0n) is 57.7. The molecule has 0 unspecified atom stereocenters. The molecule has 0 fully saturated rings. The quantitative estimate of drug-likeness (QED) is 0.0230. The molecule has 0 aliphatic heterocycles. The number of allylic oxidation sites excluding steroid dienone is 12. The Labute approximate surface area is 713 Å². The van der Waals surface area contributed by atoms with E-state index in [1.807, 2.05) is 0 Å². The van der Waals surface area contributed by atoms with Crippen molar-refractivity contribution in [2.24, 2.45) is 22.0 Å². The number of carbonyl (C=O) groups excluding carboxylic acids is 4. The smallest absolute Gasteiger partial charge is 0.504 e. The summed E-state index contributed by atoms with van der Waals surface area (Å²) >= 11 is 4.02. The topological polar surface area (TPSA) is 426 Å². The van der Waals surface area contributed by atoms with Gasteiger partial charge in [-0.3, -0.25) is 30.0 Å². The fraction of sp³-hybridized carbons (Fsp3) is 0.121. The number of sulfonamides is 4. The minimum atomic E-state index is -4.28. The van der Waals surface area contributed by atoms with E-state index in [-0.39, 0.29) is 226 Å². The van der Waals surface area contributed by atoms with E-state index in [4.69, 9.17) is 10.2 Å². The number of carbonyl (C=O) groups is 4. The second kappa shape index (κ2) is 34.8. The third-order valence-electron chi connectivity index (χ3n) is 15.7. The predicted molar refractivity (Wildman–Crippen MR) is 389 cm³/mol. The molecule has 0 bridgehead atoms. The summed E-state index contributed by atoms with van der Waals surface area (Å²) in [5.74, 6) is -7.25. The summed E-state index contributed by atoms with van der Waals surface area (Å²) in [5.41, 5.74) is 3.14. The third-order valence-corrected chi connectivity index (χ3v) is 23.9. The van der Waals surface area contributed by atoms with Crippen LogP contribution in [0.3, 0.4) is 0 Å². The van der Waals surface area contributed by atoms with Gasteiger partial charge in [-0.2, -0.15) is 55.5 Å². The van der Waals surface area contributed by atoms with Gasteiger partial charge in [-0.1, -0.05) is 52.5 Å². The van der Waals surface area contributed by atoms with Crippen LogP contribution < -0.4 is 140 Å². The number of rotatable bonds is 23. The van der Waals surface area contributed by atoms with Crippen LogP contribution >= 0.6 is 45.3 Å². The summed E-state index contributed by atoms with van der Waals surface area (Å²) in [4.78, 5) is 77.9. The molecule has 0 atom stereocenters. The zero-order chi connectivity index (χ0) is 72.7. The number of aromatic nitrogens is 4. The largest absolute Gasteiger partial charge is 1.00 e. The first-order chi connectivity index (χ1) is 48.5. The second-order valence-electron chi connectivity index (χ2n) is 22.8. The molecule has 6 N–H and O–H groups in total. The zero-order valence-corrected chi connectivity index (χ0v) is 72.2. The number of nitrogens with zero attached hydrogens (tertiary/aromatic N) is 10. The normalized spacial score (nSPS) is 16.6. The summed E-state index contributed by atoms with van der Waals surface area (Å²) in [7, 11) is -17.1. The van der Waals surface area contributed by atoms with Gasteiger partial charge in [-0.15, -0.1) is 0 Å². The number of hydrazone groups is 2. The number of thiazole rings is 4. The number of hydrogen-bond acceptors (Lipinski definition) is 28. The Morgan fingerprint density at radius 3 is 0.877 bits per heavy atom. The molecule has 4 aromatic carbocycles. The Bertz CT molecular complexity index is 5260. The van der Waals surface area contributed by atoms with Crippen LogP contribution in [-0.2, 0) is 59.3 Å². The van der Waals surface area contributed by atoms with Crippen molar-refractivity contribution in [3.05, 3.63) is 253 Å². The van der Waals surface area contributed by atoms with Crippen molar-refractivity contribution in [1.82, 2.24) is 19.9 Å². The fourth-order valence-corrected chi connectivity index (χ4v) is 17.7. The first-order valence-corrected chi connectivity index (χ1v) is 39.3. The average Bonchev–Trinajstić information content (AvgIpc) is 1.29. The van der Waals surface area contributed by atoms with E-state index in [0.717, 1.165) is 57.7 Å². The molecule has 0 amide bonds. The summed E-state index contributed by atoms with van der Waals surface area (Å²) < 4.78 is 122. The average molecular weight is 1610 g/mol. The van der Waals surface area contributed by atoms with Gasteiger partial charge in [-0.25, -0.2) is 33.7 Å². The number of Topliss-reactive ketones (excluding diaryl/α,β-unsaturated/α-hetero) is 4.